The molecule has 1 fully saturated rings. The van der Waals surface area contributed by atoms with Gasteiger partial charge in [0.15, 0.2) is 0 Å². The van der Waals surface area contributed by atoms with E-state index in [4.69, 9.17) is 0 Å². The molecule has 1 aromatic rings. The van der Waals surface area contributed by atoms with Crippen LogP contribution in [0.2, 0.25) is 0 Å². The average molecular weight is 209 g/mol. The molecule has 0 aliphatic heterocycles. The van der Waals surface area contributed by atoms with E-state index in [9.17, 15) is 4.79 Å². The predicted molar refractivity (Wildman–Crippen MR) is 58.4 cm³/mol. The molecule has 0 spiro atoms. The zero-order chi connectivity index (χ0) is 9.97. The largest absolute Gasteiger partial charge is 0.345 e. The summed E-state index contributed by atoms with van der Waals surface area (Å²) in [5.41, 5.74) is 0. The SMILES string of the molecule is CN(CCc1cccs1)C(=O)C1CC1. The van der Waals surface area contributed by atoms with Gasteiger partial charge in [0.2, 0.25) is 5.91 Å². The van der Waals surface area contributed by atoms with Crippen LogP contribution in [0.3, 0.4) is 0 Å². The minimum atomic E-state index is 0.335. The van der Waals surface area contributed by atoms with Gasteiger partial charge >= 0.3 is 0 Å². The van der Waals surface area contributed by atoms with Crippen molar-refractivity contribution in [3.8, 4) is 0 Å². The third kappa shape index (κ3) is 2.35. The lowest BCUT2D eigenvalue weighted by molar-refractivity contribution is -0.131. The van der Waals surface area contributed by atoms with Crippen LogP contribution in [0.15, 0.2) is 17.5 Å². The summed E-state index contributed by atoms with van der Waals surface area (Å²) in [6.45, 7) is 0.857. The van der Waals surface area contributed by atoms with Crippen molar-refractivity contribution >= 4 is 17.2 Å². The molecule has 0 aromatic carbocycles. The van der Waals surface area contributed by atoms with Crippen LogP contribution in [0.5, 0.6) is 0 Å². The van der Waals surface area contributed by atoms with E-state index in [1.165, 1.54) is 4.88 Å². The molecule has 1 aliphatic rings. The fraction of sp³-hybridized carbons (Fsp3) is 0.545. The molecule has 0 atom stereocenters. The van der Waals surface area contributed by atoms with Crippen molar-refractivity contribution in [1.82, 2.24) is 4.90 Å². The maximum atomic E-state index is 11.6. The van der Waals surface area contributed by atoms with Crippen molar-refractivity contribution in [2.45, 2.75) is 19.3 Å². The monoisotopic (exact) mass is 209 g/mol. The highest BCUT2D eigenvalue weighted by Crippen LogP contribution is 2.30. The highest BCUT2D eigenvalue weighted by Gasteiger charge is 2.31. The van der Waals surface area contributed by atoms with Gasteiger partial charge in [-0.1, -0.05) is 6.07 Å². The topological polar surface area (TPSA) is 20.3 Å². The molecule has 1 saturated carbocycles. The van der Waals surface area contributed by atoms with Gasteiger partial charge in [-0.3, -0.25) is 4.79 Å². The van der Waals surface area contributed by atoms with Gasteiger partial charge in [-0.25, -0.2) is 0 Å². The summed E-state index contributed by atoms with van der Waals surface area (Å²) in [5.74, 6) is 0.685. The van der Waals surface area contributed by atoms with Crippen molar-refractivity contribution < 1.29 is 4.79 Å². The van der Waals surface area contributed by atoms with Crippen molar-refractivity contribution in [2.24, 2.45) is 5.92 Å². The molecule has 1 heterocycles. The summed E-state index contributed by atoms with van der Waals surface area (Å²) in [7, 11) is 1.91. The first kappa shape index (κ1) is 9.71. The van der Waals surface area contributed by atoms with Crippen LogP contribution in [-0.2, 0) is 11.2 Å². The smallest absolute Gasteiger partial charge is 0.225 e. The van der Waals surface area contributed by atoms with Gasteiger partial charge in [-0.05, 0) is 30.7 Å². The van der Waals surface area contributed by atoms with E-state index in [0.29, 0.717) is 11.8 Å². The number of carbonyl (C=O) groups excluding carboxylic acids is 1. The molecule has 1 aliphatic carbocycles. The highest BCUT2D eigenvalue weighted by molar-refractivity contribution is 7.09. The van der Waals surface area contributed by atoms with Crippen molar-refractivity contribution in [1.29, 1.82) is 0 Å². The lowest BCUT2D eigenvalue weighted by Gasteiger charge is -2.15. The van der Waals surface area contributed by atoms with Crippen LogP contribution in [-0.4, -0.2) is 24.4 Å². The molecule has 3 heteroatoms. The standard InChI is InChI=1S/C11H15NOS/c1-12(11(13)9-4-5-9)7-6-10-3-2-8-14-10/h2-3,8-9H,4-7H2,1H3. The molecule has 14 heavy (non-hydrogen) atoms. The number of carbonyl (C=O) groups is 1. The number of nitrogens with zero attached hydrogens (tertiary/aromatic N) is 1. The second-order valence-electron chi connectivity index (χ2n) is 3.86. The number of likely N-dealkylation sites (N-methyl/N-ethyl adjacent to an activating group) is 1. The number of rotatable bonds is 4. The second kappa shape index (κ2) is 4.13. The van der Waals surface area contributed by atoms with Crippen LogP contribution < -0.4 is 0 Å². The van der Waals surface area contributed by atoms with E-state index in [-0.39, 0.29) is 0 Å². The van der Waals surface area contributed by atoms with Gasteiger partial charge in [-0.2, -0.15) is 0 Å². The normalized spacial score (nSPS) is 15.5. The summed E-state index contributed by atoms with van der Waals surface area (Å²) in [5, 5.41) is 2.08. The Kier molecular flexibility index (Phi) is 2.87. The molecule has 76 valence electrons. The third-order valence-electron chi connectivity index (χ3n) is 2.58. The van der Waals surface area contributed by atoms with Gasteiger partial charge in [0.1, 0.15) is 0 Å². The summed E-state index contributed by atoms with van der Waals surface area (Å²) >= 11 is 1.76. The molecule has 0 N–H and O–H groups in total. The summed E-state index contributed by atoms with van der Waals surface area (Å²) in [4.78, 5) is 14.8. The molecule has 1 amide bonds. The van der Waals surface area contributed by atoms with Crippen LogP contribution in [0, 0.1) is 5.92 Å². The van der Waals surface area contributed by atoms with Crippen LogP contribution in [0.4, 0.5) is 0 Å². The molecule has 2 nitrogen and oxygen atoms in total. The minimum Gasteiger partial charge on any atom is -0.345 e. The van der Waals surface area contributed by atoms with Crippen LogP contribution in [0.1, 0.15) is 17.7 Å². The number of amides is 1. The molecular formula is C11H15NOS. The Morgan fingerprint density at radius 1 is 1.64 bits per heavy atom. The van der Waals surface area contributed by atoms with Gasteiger partial charge in [0.25, 0.3) is 0 Å². The van der Waals surface area contributed by atoms with Gasteiger partial charge < -0.3 is 4.90 Å². The van der Waals surface area contributed by atoms with E-state index >= 15 is 0 Å². The van der Waals surface area contributed by atoms with E-state index in [0.717, 1.165) is 25.8 Å². The Bertz CT molecular complexity index is 303. The van der Waals surface area contributed by atoms with E-state index in [1.807, 2.05) is 11.9 Å². The molecule has 0 saturated heterocycles. The van der Waals surface area contributed by atoms with Crippen molar-refractivity contribution in [3.05, 3.63) is 22.4 Å². The zero-order valence-corrected chi connectivity index (χ0v) is 9.22. The molecular weight excluding hydrogens is 194 g/mol. The maximum Gasteiger partial charge on any atom is 0.225 e. The lowest BCUT2D eigenvalue weighted by Crippen LogP contribution is -2.29. The predicted octanol–water partition coefficient (Wildman–Crippen LogP) is 2.16. The fourth-order valence-electron chi connectivity index (χ4n) is 1.48. The lowest BCUT2D eigenvalue weighted by atomic mass is 10.3. The third-order valence-corrected chi connectivity index (χ3v) is 3.51. The average Bonchev–Trinajstić information content (AvgIpc) is 2.91. The van der Waals surface area contributed by atoms with E-state index < -0.39 is 0 Å². The molecule has 0 bridgehead atoms. The molecule has 0 radical (unpaired) electrons. The maximum absolute atomic E-state index is 11.6. The fourth-order valence-corrected chi connectivity index (χ4v) is 2.18. The van der Waals surface area contributed by atoms with Gasteiger partial charge in [-0.15, -0.1) is 11.3 Å². The first-order chi connectivity index (χ1) is 6.77. The first-order valence-electron chi connectivity index (χ1n) is 5.05. The molecule has 1 aromatic heterocycles. The summed E-state index contributed by atoms with van der Waals surface area (Å²) < 4.78 is 0. The minimum absolute atomic E-state index is 0.335. The number of hydrogen-bond donors (Lipinski definition) is 0. The highest BCUT2D eigenvalue weighted by atomic mass is 32.1. The number of thiophene rings is 1. The van der Waals surface area contributed by atoms with Crippen molar-refractivity contribution in [3.63, 3.8) is 0 Å². The second-order valence-corrected chi connectivity index (χ2v) is 4.90. The Morgan fingerprint density at radius 2 is 2.43 bits per heavy atom. The first-order valence-corrected chi connectivity index (χ1v) is 5.92. The zero-order valence-electron chi connectivity index (χ0n) is 8.40. The summed E-state index contributed by atoms with van der Waals surface area (Å²) in [6.07, 6.45) is 3.19. The van der Waals surface area contributed by atoms with E-state index in [1.54, 1.807) is 11.3 Å². The summed E-state index contributed by atoms with van der Waals surface area (Å²) in [6, 6.07) is 4.18. The Hall–Kier alpha value is -0.830. The molecule has 0 unspecified atom stereocenters. The Morgan fingerprint density at radius 3 is 3.00 bits per heavy atom. The van der Waals surface area contributed by atoms with Gasteiger partial charge in [0.05, 0.1) is 0 Å². The van der Waals surface area contributed by atoms with Crippen LogP contribution >= 0.6 is 11.3 Å². The Labute approximate surface area is 88.5 Å². The quantitative estimate of drug-likeness (QED) is 0.744. The van der Waals surface area contributed by atoms with Gasteiger partial charge in [0, 0.05) is 24.4 Å². The van der Waals surface area contributed by atoms with Crippen LogP contribution in [0.25, 0.3) is 0 Å². The Balaban J connectivity index is 1.77. The van der Waals surface area contributed by atoms with E-state index in [2.05, 4.69) is 17.5 Å². The van der Waals surface area contributed by atoms with Crippen molar-refractivity contribution in [2.75, 3.05) is 13.6 Å². The number of hydrogen-bond acceptors (Lipinski definition) is 2. The molecule has 2 rings (SSSR count).